The summed E-state index contributed by atoms with van der Waals surface area (Å²) in [6.07, 6.45) is 2.01. The zero-order chi connectivity index (χ0) is 18.4. The Hall–Kier alpha value is -1.51. The van der Waals surface area contributed by atoms with E-state index in [1.165, 1.54) is 0 Å². The number of hydrogen-bond donors (Lipinski definition) is 1. The zero-order valence-electron chi connectivity index (χ0n) is 15.4. The van der Waals surface area contributed by atoms with Gasteiger partial charge in [0.15, 0.2) is 0 Å². The van der Waals surface area contributed by atoms with Gasteiger partial charge in [0.1, 0.15) is 0 Å². The van der Waals surface area contributed by atoms with Crippen LogP contribution >= 0.6 is 11.3 Å². The number of morpholine rings is 1. The van der Waals surface area contributed by atoms with E-state index in [0.29, 0.717) is 32.5 Å². The van der Waals surface area contributed by atoms with Crippen molar-refractivity contribution in [2.24, 2.45) is 5.92 Å². The molecule has 2 aliphatic heterocycles. The summed E-state index contributed by atoms with van der Waals surface area (Å²) in [4.78, 5) is 33.3. The smallest absolute Gasteiger partial charge is 0.225 e. The number of nitrogens with one attached hydrogen (secondary N) is 1. The normalized spacial score (nSPS) is 21.8. The minimum atomic E-state index is -0.123. The Labute approximate surface area is 158 Å². The predicted molar refractivity (Wildman–Crippen MR) is 99.9 cm³/mol. The lowest BCUT2D eigenvalue weighted by atomic mass is 9.96. The molecule has 2 amide bonds. The number of aromatic nitrogens is 1. The van der Waals surface area contributed by atoms with Crippen molar-refractivity contribution in [3.8, 4) is 0 Å². The van der Waals surface area contributed by atoms with Crippen LogP contribution in [0.5, 0.6) is 0 Å². The predicted octanol–water partition coefficient (Wildman–Crippen LogP) is 0.893. The van der Waals surface area contributed by atoms with E-state index in [9.17, 15) is 9.59 Å². The average molecular weight is 381 g/mol. The first kappa shape index (κ1) is 19.3. The second kappa shape index (κ2) is 9.43. The van der Waals surface area contributed by atoms with E-state index in [1.807, 2.05) is 10.3 Å². The van der Waals surface area contributed by atoms with Gasteiger partial charge < -0.3 is 15.0 Å². The van der Waals surface area contributed by atoms with E-state index in [4.69, 9.17) is 4.74 Å². The molecule has 8 heteroatoms. The first-order chi connectivity index (χ1) is 12.7. The lowest BCUT2D eigenvalue weighted by Gasteiger charge is -2.34. The Balaban J connectivity index is 1.45. The fourth-order valence-electron chi connectivity index (χ4n) is 3.35. The molecule has 0 aromatic carbocycles. The van der Waals surface area contributed by atoms with Crippen molar-refractivity contribution < 1.29 is 14.3 Å². The molecule has 2 aliphatic rings. The van der Waals surface area contributed by atoms with Gasteiger partial charge in [0.05, 0.1) is 36.4 Å². The summed E-state index contributed by atoms with van der Waals surface area (Å²) in [5.74, 6) is 0.0657. The molecule has 0 saturated carbocycles. The van der Waals surface area contributed by atoms with Crippen LogP contribution in [0.15, 0.2) is 5.38 Å². The molecule has 1 aromatic rings. The van der Waals surface area contributed by atoms with E-state index < -0.39 is 0 Å². The van der Waals surface area contributed by atoms with Gasteiger partial charge in [-0.25, -0.2) is 4.98 Å². The van der Waals surface area contributed by atoms with Gasteiger partial charge >= 0.3 is 0 Å². The van der Waals surface area contributed by atoms with Crippen LogP contribution in [0.1, 0.15) is 30.5 Å². The maximum absolute atomic E-state index is 12.5. The summed E-state index contributed by atoms with van der Waals surface area (Å²) >= 11 is 1.63. The number of nitrogens with zero attached hydrogens (tertiary/aromatic N) is 3. The van der Waals surface area contributed by atoms with Gasteiger partial charge in [0.25, 0.3) is 0 Å². The van der Waals surface area contributed by atoms with Crippen LogP contribution in [0.4, 0.5) is 0 Å². The monoisotopic (exact) mass is 380 g/mol. The molecule has 1 unspecified atom stereocenters. The van der Waals surface area contributed by atoms with E-state index in [1.54, 1.807) is 11.3 Å². The Morgan fingerprint density at radius 1 is 1.38 bits per heavy atom. The fraction of sp³-hybridized carbons (Fsp3) is 0.722. The average Bonchev–Trinajstić information content (AvgIpc) is 3.14. The molecule has 3 rings (SSSR count). The van der Waals surface area contributed by atoms with Crippen LogP contribution in [-0.4, -0.2) is 72.5 Å². The Kier molecular flexibility index (Phi) is 6.99. The van der Waals surface area contributed by atoms with Crippen molar-refractivity contribution in [3.63, 3.8) is 0 Å². The Morgan fingerprint density at radius 3 is 2.92 bits per heavy atom. The van der Waals surface area contributed by atoms with Crippen LogP contribution < -0.4 is 5.32 Å². The molecule has 0 bridgehead atoms. The van der Waals surface area contributed by atoms with E-state index >= 15 is 0 Å². The third-order valence-corrected chi connectivity index (χ3v) is 6.05. The maximum atomic E-state index is 12.5. The van der Waals surface area contributed by atoms with Crippen molar-refractivity contribution in [2.75, 3.05) is 45.9 Å². The first-order valence-corrected chi connectivity index (χ1v) is 10.3. The van der Waals surface area contributed by atoms with Gasteiger partial charge in [-0.15, -0.1) is 11.3 Å². The minimum Gasteiger partial charge on any atom is -0.379 e. The highest BCUT2D eigenvalue weighted by Crippen LogP contribution is 2.18. The molecule has 2 fully saturated rings. The summed E-state index contributed by atoms with van der Waals surface area (Å²) < 4.78 is 5.35. The van der Waals surface area contributed by atoms with Gasteiger partial charge in [0.2, 0.25) is 11.8 Å². The lowest BCUT2D eigenvalue weighted by Crippen LogP contribution is -2.49. The van der Waals surface area contributed by atoms with E-state index in [-0.39, 0.29) is 17.7 Å². The Bertz CT molecular complexity index is 615. The molecule has 0 spiro atoms. The van der Waals surface area contributed by atoms with Crippen LogP contribution in [0.3, 0.4) is 0 Å². The first-order valence-electron chi connectivity index (χ1n) is 9.44. The molecule has 1 aromatic heterocycles. The molecule has 2 saturated heterocycles. The number of aryl methyl sites for hydroxylation is 1. The number of likely N-dealkylation sites (tertiary alicyclic amines) is 1. The summed E-state index contributed by atoms with van der Waals surface area (Å²) in [6, 6.07) is 0. The van der Waals surface area contributed by atoms with Gasteiger partial charge in [-0.05, 0) is 12.8 Å². The topological polar surface area (TPSA) is 74.8 Å². The van der Waals surface area contributed by atoms with Crippen molar-refractivity contribution in [1.29, 1.82) is 0 Å². The quantitative estimate of drug-likeness (QED) is 0.761. The number of carbonyl (C=O) groups is 2. The number of piperidine rings is 1. The van der Waals surface area contributed by atoms with Crippen molar-refractivity contribution in [2.45, 2.75) is 32.7 Å². The van der Waals surface area contributed by atoms with Gasteiger partial charge in [0, 0.05) is 44.5 Å². The number of amides is 2. The molecule has 7 nitrogen and oxygen atoms in total. The molecule has 144 valence electrons. The molecule has 26 heavy (non-hydrogen) atoms. The summed E-state index contributed by atoms with van der Waals surface area (Å²) in [7, 11) is 0. The third kappa shape index (κ3) is 5.25. The molecule has 1 N–H and O–H groups in total. The zero-order valence-corrected chi connectivity index (χ0v) is 16.2. The van der Waals surface area contributed by atoms with Crippen molar-refractivity contribution in [3.05, 3.63) is 16.1 Å². The SMILES string of the molecule is CCc1nc(CNC(=O)C2CCC(=O)N(CCN3CCOCC3)C2)cs1. The van der Waals surface area contributed by atoms with E-state index in [0.717, 1.165) is 50.0 Å². The molecule has 1 atom stereocenters. The number of ether oxygens (including phenoxy) is 1. The Morgan fingerprint density at radius 2 is 2.19 bits per heavy atom. The van der Waals surface area contributed by atoms with Gasteiger partial charge in [-0.2, -0.15) is 0 Å². The van der Waals surface area contributed by atoms with Crippen LogP contribution in [0.25, 0.3) is 0 Å². The molecule has 3 heterocycles. The van der Waals surface area contributed by atoms with Crippen molar-refractivity contribution in [1.82, 2.24) is 20.1 Å². The minimum absolute atomic E-state index is 0.0277. The van der Waals surface area contributed by atoms with Crippen LogP contribution in [-0.2, 0) is 27.3 Å². The highest BCUT2D eigenvalue weighted by molar-refractivity contribution is 7.09. The second-order valence-electron chi connectivity index (χ2n) is 6.83. The number of rotatable bonds is 7. The summed E-state index contributed by atoms with van der Waals surface area (Å²) in [5, 5.41) is 6.08. The molecule has 0 aliphatic carbocycles. The second-order valence-corrected chi connectivity index (χ2v) is 7.78. The standard InChI is InChI=1S/C18H28N4O3S/c1-2-16-20-15(13-26-16)11-19-18(24)14-3-4-17(23)22(12-14)6-5-21-7-9-25-10-8-21/h13-14H,2-12H2,1H3,(H,19,24). The number of carbonyl (C=O) groups excluding carboxylic acids is 2. The summed E-state index contributed by atoms with van der Waals surface area (Å²) in [5.41, 5.74) is 0.913. The van der Waals surface area contributed by atoms with E-state index in [2.05, 4.69) is 22.1 Å². The van der Waals surface area contributed by atoms with Crippen LogP contribution in [0.2, 0.25) is 0 Å². The number of hydrogen-bond acceptors (Lipinski definition) is 6. The van der Waals surface area contributed by atoms with Crippen LogP contribution in [0, 0.1) is 5.92 Å². The van der Waals surface area contributed by atoms with Gasteiger partial charge in [-0.3, -0.25) is 14.5 Å². The molecular weight excluding hydrogens is 352 g/mol. The third-order valence-electron chi connectivity index (χ3n) is 5.01. The fourth-order valence-corrected chi connectivity index (χ4v) is 4.09. The summed E-state index contributed by atoms with van der Waals surface area (Å²) in [6.45, 7) is 7.95. The lowest BCUT2D eigenvalue weighted by molar-refractivity contribution is -0.138. The highest BCUT2D eigenvalue weighted by atomic mass is 32.1. The molecule has 0 radical (unpaired) electrons. The number of thiazole rings is 1. The molecular formula is C18H28N4O3S. The maximum Gasteiger partial charge on any atom is 0.225 e. The van der Waals surface area contributed by atoms with Gasteiger partial charge in [-0.1, -0.05) is 6.92 Å². The highest BCUT2D eigenvalue weighted by Gasteiger charge is 2.30. The largest absolute Gasteiger partial charge is 0.379 e. The van der Waals surface area contributed by atoms with Crippen molar-refractivity contribution >= 4 is 23.2 Å².